The van der Waals surface area contributed by atoms with E-state index in [2.05, 4.69) is 5.32 Å². The fourth-order valence-electron chi connectivity index (χ4n) is 2.89. The number of halogens is 1. The predicted octanol–water partition coefficient (Wildman–Crippen LogP) is 7.09. The fourth-order valence-corrected chi connectivity index (χ4v) is 3.85. The van der Waals surface area contributed by atoms with Gasteiger partial charge in [-0.2, -0.15) is 0 Å². The average molecular weight is 431 g/mol. The number of amides is 1. The summed E-state index contributed by atoms with van der Waals surface area (Å²) in [6, 6.07) is 23.4. The lowest BCUT2D eigenvalue weighted by Crippen LogP contribution is -2.07. The maximum atomic E-state index is 12.2. The van der Waals surface area contributed by atoms with Crippen LogP contribution in [0.15, 0.2) is 84.3 Å². The molecule has 0 aliphatic rings. The van der Waals surface area contributed by atoms with Gasteiger partial charge in [-0.25, -0.2) is 4.98 Å². The van der Waals surface area contributed by atoms with Crippen LogP contribution < -0.4 is 5.32 Å². The Bertz CT molecular complexity index is 1180. The molecule has 1 amide bonds. The number of benzene rings is 3. The lowest BCUT2D eigenvalue weighted by Gasteiger charge is -2.03. The number of aromatic nitrogens is 1. The predicted molar refractivity (Wildman–Crippen MR) is 127 cm³/mol. The zero-order chi connectivity index (χ0) is 20.9. The smallest absolute Gasteiger partial charge is 0.248 e. The first-order chi connectivity index (χ1) is 14.6. The van der Waals surface area contributed by atoms with Gasteiger partial charge in [0.05, 0.1) is 5.69 Å². The summed E-state index contributed by atoms with van der Waals surface area (Å²) in [5.41, 5.74) is 5.87. The molecule has 1 heterocycles. The second-order valence-corrected chi connectivity index (χ2v) is 8.15. The number of carbonyl (C=O) groups excluding carboxylic acids is 1. The van der Waals surface area contributed by atoms with Crippen LogP contribution in [0.1, 0.15) is 11.1 Å². The molecule has 4 aromatic rings. The van der Waals surface area contributed by atoms with Crippen LogP contribution in [-0.2, 0) is 4.79 Å². The Morgan fingerprint density at radius 1 is 0.933 bits per heavy atom. The van der Waals surface area contributed by atoms with Gasteiger partial charge in [-0.15, -0.1) is 11.3 Å². The van der Waals surface area contributed by atoms with E-state index in [0.29, 0.717) is 5.02 Å². The van der Waals surface area contributed by atoms with Crippen molar-refractivity contribution in [1.29, 1.82) is 0 Å². The molecule has 5 heteroatoms. The molecule has 1 aromatic heterocycles. The average Bonchev–Trinajstić information content (AvgIpc) is 3.25. The lowest BCUT2D eigenvalue weighted by molar-refractivity contribution is -0.111. The molecule has 30 heavy (non-hydrogen) atoms. The molecule has 0 unspecified atom stereocenters. The van der Waals surface area contributed by atoms with Crippen molar-refractivity contribution in [3.63, 3.8) is 0 Å². The van der Waals surface area contributed by atoms with Crippen molar-refractivity contribution in [3.8, 4) is 21.8 Å². The van der Waals surface area contributed by atoms with Crippen molar-refractivity contribution in [1.82, 2.24) is 4.98 Å². The van der Waals surface area contributed by atoms with E-state index in [1.807, 2.05) is 85.1 Å². The van der Waals surface area contributed by atoms with E-state index < -0.39 is 0 Å². The molecule has 3 aromatic carbocycles. The van der Waals surface area contributed by atoms with E-state index >= 15 is 0 Å². The van der Waals surface area contributed by atoms with E-state index in [1.54, 1.807) is 17.4 Å². The van der Waals surface area contributed by atoms with Crippen LogP contribution in [-0.4, -0.2) is 10.9 Å². The van der Waals surface area contributed by atoms with Crippen LogP contribution in [0.25, 0.3) is 27.9 Å². The first kappa shape index (κ1) is 20.1. The maximum Gasteiger partial charge on any atom is 0.248 e. The number of nitrogens with one attached hydrogen (secondary N) is 1. The third kappa shape index (κ3) is 5.03. The SMILES string of the molecule is Cc1ccc(/C=C/C(=O)Nc2ccc(-c3csc(-c4ccc(Cl)cc4)n3)cc2)cc1. The fraction of sp³-hybridized carbons (Fsp3) is 0.0400. The number of thiazole rings is 1. The van der Waals surface area contributed by atoms with Crippen molar-refractivity contribution in [2.75, 3.05) is 5.32 Å². The summed E-state index contributed by atoms with van der Waals surface area (Å²) in [5, 5.41) is 6.57. The summed E-state index contributed by atoms with van der Waals surface area (Å²) in [6.45, 7) is 2.04. The Labute approximate surface area is 184 Å². The van der Waals surface area contributed by atoms with Gasteiger partial charge in [0.2, 0.25) is 5.91 Å². The van der Waals surface area contributed by atoms with Crippen molar-refractivity contribution in [3.05, 3.63) is 100 Å². The molecule has 0 radical (unpaired) electrons. The van der Waals surface area contributed by atoms with Gasteiger partial charge in [0.25, 0.3) is 0 Å². The second kappa shape index (κ2) is 9.08. The molecule has 0 bridgehead atoms. The highest BCUT2D eigenvalue weighted by Crippen LogP contribution is 2.30. The van der Waals surface area contributed by atoms with Crippen molar-refractivity contribution < 1.29 is 4.79 Å². The first-order valence-electron chi connectivity index (χ1n) is 9.44. The number of hydrogen-bond acceptors (Lipinski definition) is 3. The lowest BCUT2D eigenvalue weighted by atomic mass is 10.1. The van der Waals surface area contributed by atoms with Gasteiger partial charge in [-0.1, -0.05) is 65.7 Å². The van der Waals surface area contributed by atoms with Gasteiger partial charge in [0, 0.05) is 33.3 Å². The quantitative estimate of drug-likeness (QED) is 0.343. The van der Waals surface area contributed by atoms with Crippen molar-refractivity contribution in [2.45, 2.75) is 6.92 Å². The summed E-state index contributed by atoms with van der Waals surface area (Å²) >= 11 is 7.55. The number of anilines is 1. The molecule has 0 atom stereocenters. The van der Waals surface area contributed by atoms with Gasteiger partial charge in [-0.3, -0.25) is 4.79 Å². The monoisotopic (exact) mass is 430 g/mol. The standard InChI is InChI=1S/C25H19ClN2OS/c1-17-2-4-18(5-3-17)6-15-24(29)27-22-13-9-19(10-14-22)23-16-30-25(28-23)20-7-11-21(26)12-8-20/h2-16H,1H3,(H,27,29)/b15-6+. The molecule has 0 saturated heterocycles. The maximum absolute atomic E-state index is 12.2. The first-order valence-corrected chi connectivity index (χ1v) is 10.7. The molecular formula is C25H19ClN2OS. The molecular weight excluding hydrogens is 412 g/mol. The van der Waals surface area contributed by atoms with Gasteiger partial charge in [0.1, 0.15) is 5.01 Å². The van der Waals surface area contributed by atoms with Crippen LogP contribution >= 0.6 is 22.9 Å². The molecule has 1 N–H and O–H groups in total. The largest absolute Gasteiger partial charge is 0.323 e. The van der Waals surface area contributed by atoms with Crippen LogP contribution in [0.4, 0.5) is 5.69 Å². The molecule has 0 spiro atoms. The molecule has 3 nitrogen and oxygen atoms in total. The Kier molecular flexibility index (Phi) is 6.07. The summed E-state index contributed by atoms with van der Waals surface area (Å²) < 4.78 is 0. The van der Waals surface area contributed by atoms with E-state index in [1.165, 1.54) is 11.6 Å². The topological polar surface area (TPSA) is 42.0 Å². The van der Waals surface area contributed by atoms with E-state index in [9.17, 15) is 4.79 Å². The third-order valence-electron chi connectivity index (χ3n) is 4.55. The zero-order valence-corrected chi connectivity index (χ0v) is 17.9. The van der Waals surface area contributed by atoms with E-state index in [0.717, 1.165) is 33.1 Å². The summed E-state index contributed by atoms with van der Waals surface area (Å²) in [5.74, 6) is -0.165. The van der Waals surface area contributed by atoms with E-state index in [-0.39, 0.29) is 5.91 Å². The summed E-state index contributed by atoms with van der Waals surface area (Å²) in [6.07, 6.45) is 3.34. The normalized spacial score (nSPS) is 11.0. The van der Waals surface area contributed by atoms with Crippen LogP contribution in [0.5, 0.6) is 0 Å². The summed E-state index contributed by atoms with van der Waals surface area (Å²) in [4.78, 5) is 16.9. The van der Waals surface area contributed by atoms with Crippen LogP contribution in [0.2, 0.25) is 5.02 Å². The molecule has 0 saturated carbocycles. The highest BCUT2D eigenvalue weighted by molar-refractivity contribution is 7.13. The summed E-state index contributed by atoms with van der Waals surface area (Å²) in [7, 11) is 0. The van der Waals surface area contributed by atoms with Gasteiger partial charge in [-0.05, 0) is 42.8 Å². The third-order valence-corrected chi connectivity index (χ3v) is 5.69. The number of carbonyl (C=O) groups is 1. The minimum absolute atomic E-state index is 0.165. The van der Waals surface area contributed by atoms with Crippen molar-refractivity contribution in [2.24, 2.45) is 0 Å². The minimum atomic E-state index is -0.165. The minimum Gasteiger partial charge on any atom is -0.323 e. The molecule has 0 aliphatic carbocycles. The number of nitrogens with zero attached hydrogens (tertiary/aromatic N) is 1. The van der Waals surface area contributed by atoms with Crippen LogP contribution in [0, 0.1) is 6.92 Å². The molecule has 4 rings (SSSR count). The number of rotatable bonds is 5. The van der Waals surface area contributed by atoms with Crippen LogP contribution in [0.3, 0.4) is 0 Å². The van der Waals surface area contributed by atoms with Crippen molar-refractivity contribution >= 4 is 40.6 Å². The Balaban J connectivity index is 1.41. The Morgan fingerprint density at radius 3 is 2.30 bits per heavy atom. The van der Waals surface area contributed by atoms with Gasteiger partial charge >= 0.3 is 0 Å². The molecule has 148 valence electrons. The number of aryl methyl sites for hydroxylation is 1. The number of hydrogen-bond donors (Lipinski definition) is 1. The Morgan fingerprint density at radius 2 is 1.60 bits per heavy atom. The molecule has 0 aliphatic heterocycles. The van der Waals surface area contributed by atoms with Gasteiger partial charge < -0.3 is 5.32 Å². The highest BCUT2D eigenvalue weighted by atomic mass is 35.5. The van der Waals surface area contributed by atoms with E-state index in [4.69, 9.17) is 16.6 Å². The second-order valence-electron chi connectivity index (χ2n) is 6.86. The Hall–Kier alpha value is -3.21. The molecule has 0 fully saturated rings. The highest BCUT2D eigenvalue weighted by Gasteiger charge is 2.07. The zero-order valence-electron chi connectivity index (χ0n) is 16.3. The van der Waals surface area contributed by atoms with Gasteiger partial charge in [0.15, 0.2) is 0 Å².